The maximum absolute atomic E-state index is 12.8. The summed E-state index contributed by atoms with van der Waals surface area (Å²) in [6.45, 7) is 10.2. The minimum Gasteiger partial charge on any atom is -0.307 e. The fourth-order valence-electron chi connectivity index (χ4n) is 3.53. The van der Waals surface area contributed by atoms with E-state index in [2.05, 4.69) is 35.9 Å². The van der Waals surface area contributed by atoms with Crippen molar-refractivity contribution in [1.29, 1.82) is 4.78 Å². The molecule has 1 aromatic heterocycles. The smallest absolute Gasteiger partial charge is 0.307 e. The molecule has 0 radical (unpaired) electrons. The highest BCUT2D eigenvalue weighted by Gasteiger charge is 2.31. The molecule has 0 spiro atoms. The molecule has 2 aromatic rings. The summed E-state index contributed by atoms with van der Waals surface area (Å²) in [7, 11) is -3.56. The fourth-order valence-corrected chi connectivity index (χ4v) is 4.41. The first-order valence-electron chi connectivity index (χ1n) is 10.2. The zero-order chi connectivity index (χ0) is 21.3. The van der Waals surface area contributed by atoms with Gasteiger partial charge in [-0.15, -0.1) is 0 Å². The summed E-state index contributed by atoms with van der Waals surface area (Å²) >= 11 is 0. The van der Waals surface area contributed by atoms with Crippen LogP contribution in [0.25, 0.3) is 0 Å². The standard InChI is InChI=1S/C21H31N5O2S/c1-13(2)17-7-6-8-18(15(5)16-9-10-16)20(17)23-21(27)25-29(22,28)19-11-12-26(24-19)14(3)4/h6-8,11-16H,9-10H2,1-5H3,(H3,22,23,25,27,28). The Morgan fingerprint density at radius 2 is 1.83 bits per heavy atom. The topological polar surface area (TPSA) is 99.9 Å². The SMILES string of the molecule is CC(C)c1cccc(C(C)C2CC2)c1NC(=O)NS(=N)(=O)c1ccn(C(C)C)n1. The van der Waals surface area contributed by atoms with Gasteiger partial charge in [0.25, 0.3) is 0 Å². The maximum Gasteiger partial charge on any atom is 0.332 e. The number of amides is 2. The number of para-hydroxylation sites is 1. The van der Waals surface area contributed by atoms with Crippen molar-refractivity contribution < 1.29 is 9.00 Å². The van der Waals surface area contributed by atoms with E-state index in [9.17, 15) is 9.00 Å². The van der Waals surface area contributed by atoms with E-state index in [4.69, 9.17) is 4.78 Å². The Morgan fingerprint density at radius 3 is 2.38 bits per heavy atom. The Hall–Kier alpha value is -2.35. The molecule has 0 bridgehead atoms. The number of nitrogens with zero attached hydrogens (tertiary/aromatic N) is 2. The summed E-state index contributed by atoms with van der Waals surface area (Å²) in [5.74, 6) is 1.20. The van der Waals surface area contributed by atoms with Crippen LogP contribution in [0.2, 0.25) is 0 Å². The number of hydrogen-bond donors (Lipinski definition) is 3. The first-order chi connectivity index (χ1) is 13.6. The number of nitrogens with one attached hydrogen (secondary N) is 3. The molecule has 1 aliphatic carbocycles. The van der Waals surface area contributed by atoms with Gasteiger partial charge in [-0.1, -0.05) is 39.0 Å². The van der Waals surface area contributed by atoms with E-state index in [0.29, 0.717) is 11.8 Å². The Morgan fingerprint density at radius 1 is 1.17 bits per heavy atom. The van der Waals surface area contributed by atoms with E-state index in [1.165, 1.54) is 18.9 Å². The second-order valence-electron chi connectivity index (χ2n) is 8.43. The van der Waals surface area contributed by atoms with Gasteiger partial charge >= 0.3 is 6.03 Å². The van der Waals surface area contributed by atoms with E-state index in [1.807, 2.05) is 32.0 Å². The Balaban J connectivity index is 1.84. The number of aromatic nitrogens is 2. The van der Waals surface area contributed by atoms with Crippen molar-refractivity contribution in [2.75, 3.05) is 5.32 Å². The number of urea groups is 1. The van der Waals surface area contributed by atoms with Gasteiger partial charge in [-0.25, -0.2) is 18.5 Å². The van der Waals surface area contributed by atoms with E-state index < -0.39 is 15.9 Å². The summed E-state index contributed by atoms with van der Waals surface area (Å²) in [5, 5.41) is 7.12. The molecule has 1 aromatic carbocycles. The second kappa shape index (κ2) is 8.18. The monoisotopic (exact) mass is 417 g/mol. The lowest BCUT2D eigenvalue weighted by atomic mass is 9.89. The van der Waals surface area contributed by atoms with E-state index in [-0.39, 0.29) is 17.0 Å². The molecule has 2 unspecified atom stereocenters. The molecule has 1 heterocycles. The van der Waals surface area contributed by atoms with Crippen LogP contribution in [-0.2, 0) is 9.92 Å². The highest BCUT2D eigenvalue weighted by Crippen LogP contribution is 2.45. The van der Waals surface area contributed by atoms with Crippen molar-refractivity contribution in [3.8, 4) is 0 Å². The second-order valence-corrected chi connectivity index (χ2v) is 10.2. The van der Waals surface area contributed by atoms with Crippen LogP contribution in [-0.4, -0.2) is 20.0 Å². The summed E-state index contributed by atoms with van der Waals surface area (Å²) < 4.78 is 24.9. The van der Waals surface area contributed by atoms with Gasteiger partial charge in [0.2, 0.25) is 0 Å². The lowest BCUT2D eigenvalue weighted by molar-refractivity contribution is 0.256. The number of benzene rings is 1. The highest BCUT2D eigenvalue weighted by atomic mass is 32.2. The van der Waals surface area contributed by atoms with Crippen molar-refractivity contribution >= 4 is 21.6 Å². The molecule has 0 aliphatic heterocycles. The van der Waals surface area contributed by atoms with Crippen molar-refractivity contribution in [3.05, 3.63) is 41.6 Å². The van der Waals surface area contributed by atoms with E-state index in [1.54, 1.807) is 10.9 Å². The predicted octanol–water partition coefficient (Wildman–Crippen LogP) is 5.24. The van der Waals surface area contributed by atoms with Crippen molar-refractivity contribution in [2.24, 2.45) is 5.92 Å². The van der Waals surface area contributed by atoms with Crippen LogP contribution in [0.5, 0.6) is 0 Å². The molecule has 1 fully saturated rings. The minimum absolute atomic E-state index is 0.0464. The molecule has 1 saturated carbocycles. The van der Waals surface area contributed by atoms with Crippen LogP contribution in [0.4, 0.5) is 10.5 Å². The first-order valence-corrected chi connectivity index (χ1v) is 11.7. The summed E-state index contributed by atoms with van der Waals surface area (Å²) in [5.41, 5.74) is 2.89. The third-order valence-corrected chi connectivity index (χ3v) is 6.73. The van der Waals surface area contributed by atoms with Crippen molar-refractivity contribution in [3.63, 3.8) is 0 Å². The normalized spacial score (nSPS) is 17.2. The zero-order valence-electron chi connectivity index (χ0n) is 17.7. The molecule has 2 atom stereocenters. The van der Waals surface area contributed by atoms with Crippen LogP contribution in [0.3, 0.4) is 0 Å². The number of hydrogen-bond acceptors (Lipinski definition) is 4. The van der Waals surface area contributed by atoms with Crippen molar-refractivity contribution in [1.82, 2.24) is 14.5 Å². The lowest BCUT2D eigenvalue weighted by Gasteiger charge is -2.22. The number of rotatable bonds is 7. The van der Waals surface area contributed by atoms with Gasteiger partial charge in [0.1, 0.15) is 0 Å². The predicted molar refractivity (Wildman–Crippen MR) is 116 cm³/mol. The Bertz CT molecular complexity index is 990. The van der Waals surface area contributed by atoms with Crippen molar-refractivity contribution in [2.45, 2.75) is 70.4 Å². The van der Waals surface area contributed by atoms with Gasteiger partial charge in [0, 0.05) is 17.9 Å². The molecule has 3 N–H and O–H groups in total. The summed E-state index contributed by atoms with van der Waals surface area (Å²) in [6.07, 6.45) is 4.08. The van der Waals surface area contributed by atoms with Crippen LogP contribution in [0.15, 0.2) is 35.5 Å². The van der Waals surface area contributed by atoms with E-state index >= 15 is 0 Å². The number of carbonyl (C=O) groups is 1. The molecule has 158 valence electrons. The average molecular weight is 418 g/mol. The first kappa shape index (κ1) is 21.4. The van der Waals surface area contributed by atoms with Gasteiger partial charge < -0.3 is 5.32 Å². The third kappa shape index (κ3) is 4.80. The molecule has 0 saturated heterocycles. The van der Waals surface area contributed by atoms with Gasteiger partial charge in [-0.05, 0) is 61.6 Å². The third-order valence-electron chi connectivity index (χ3n) is 5.45. The minimum atomic E-state index is -3.56. The molecular weight excluding hydrogens is 386 g/mol. The fraction of sp³-hybridized carbons (Fsp3) is 0.524. The number of carbonyl (C=O) groups excluding carboxylic acids is 1. The Kier molecular flexibility index (Phi) is 6.03. The van der Waals surface area contributed by atoms with Gasteiger partial charge in [-0.2, -0.15) is 5.10 Å². The van der Waals surface area contributed by atoms with Crippen LogP contribution in [0, 0.1) is 10.7 Å². The molecular formula is C21H31N5O2S. The molecule has 29 heavy (non-hydrogen) atoms. The molecule has 3 rings (SSSR count). The summed E-state index contributed by atoms with van der Waals surface area (Å²) in [6, 6.07) is 7.02. The largest absolute Gasteiger partial charge is 0.332 e. The average Bonchev–Trinajstić information content (AvgIpc) is 3.35. The lowest BCUT2D eigenvalue weighted by Crippen LogP contribution is -2.34. The molecule has 8 heteroatoms. The summed E-state index contributed by atoms with van der Waals surface area (Å²) in [4.78, 5) is 12.7. The van der Waals surface area contributed by atoms with Crippen LogP contribution >= 0.6 is 0 Å². The van der Waals surface area contributed by atoms with Gasteiger partial charge in [0.05, 0.1) is 0 Å². The van der Waals surface area contributed by atoms with Crippen LogP contribution in [0.1, 0.15) is 76.5 Å². The van der Waals surface area contributed by atoms with Gasteiger partial charge in [0.15, 0.2) is 14.9 Å². The van der Waals surface area contributed by atoms with Crippen LogP contribution < -0.4 is 10.0 Å². The molecule has 7 nitrogen and oxygen atoms in total. The zero-order valence-corrected chi connectivity index (χ0v) is 18.5. The highest BCUT2D eigenvalue weighted by molar-refractivity contribution is 7.91. The maximum atomic E-state index is 12.8. The quantitative estimate of drug-likeness (QED) is 0.574. The number of anilines is 1. The van der Waals surface area contributed by atoms with E-state index in [0.717, 1.165) is 16.8 Å². The molecule has 2 amide bonds. The Labute approximate surface area is 173 Å². The van der Waals surface area contributed by atoms with Gasteiger partial charge in [-0.3, -0.25) is 4.68 Å². The molecule has 1 aliphatic rings.